The van der Waals surface area contributed by atoms with Crippen molar-refractivity contribution >= 4 is 11.5 Å². The van der Waals surface area contributed by atoms with Crippen LogP contribution in [0.15, 0.2) is 24.3 Å². The lowest BCUT2D eigenvalue weighted by molar-refractivity contribution is 0.440. The van der Waals surface area contributed by atoms with Gasteiger partial charge in [-0.1, -0.05) is 0 Å². The van der Waals surface area contributed by atoms with Crippen molar-refractivity contribution in [2.24, 2.45) is 0 Å². The van der Waals surface area contributed by atoms with Crippen molar-refractivity contribution in [3.05, 3.63) is 41.2 Å². The Bertz CT molecular complexity index is 613. The summed E-state index contributed by atoms with van der Waals surface area (Å²) in [5.74, 6) is 1.02. The van der Waals surface area contributed by atoms with Gasteiger partial charge in [0.1, 0.15) is 17.4 Å². The minimum Gasteiger partial charge on any atom is -0.438 e. The molecule has 0 unspecified atom stereocenters. The molecule has 2 aromatic rings. The van der Waals surface area contributed by atoms with Crippen LogP contribution in [0.2, 0.25) is 0 Å². The minimum absolute atomic E-state index is 0.294. The van der Waals surface area contributed by atoms with Crippen molar-refractivity contribution in [1.82, 2.24) is 4.98 Å². The van der Waals surface area contributed by atoms with Crippen LogP contribution in [0.25, 0.3) is 0 Å². The molecule has 2 heterocycles. The van der Waals surface area contributed by atoms with E-state index in [0.717, 1.165) is 11.1 Å². The maximum absolute atomic E-state index is 13.1. The molecule has 3 rings (SSSR count). The molecule has 5 heteroatoms. The fourth-order valence-electron chi connectivity index (χ4n) is 1.93. The average Bonchev–Trinajstić information content (AvgIpc) is 2.27. The van der Waals surface area contributed by atoms with Gasteiger partial charge in [0, 0.05) is 29.3 Å². The molecule has 0 saturated heterocycles. The molecule has 1 aliphatic heterocycles. The van der Waals surface area contributed by atoms with Crippen LogP contribution in [0.3, 0.4) is 0 Å². The Morgan fingerprint density at radius 2 is 2.06 bits per heavy atom. The summed E-state index contributed by atoms with van der Waals surface area (Å²) >= 11 is 0. The summed E-state index contributed by atoms with van der Waals surface area (Å²) in [7, 11) is 0. The second-order valence-electron chi connectivity index (χ2n) is 3.95. The van der Waals surface area contributed by atoms with E-state index in [1.165, 1.54) is 12.1 Å². The third-order valence-electron chi connectivity index (χ3n) is 2.74. The first-order chi connectivity index (χ1) is 8.13. The summed E-state index contributed by atoms with van der Waals surface area (Å²) in [5, 5.41) is 0. The zero-order valence-corrected chi connectivity index (χ0v) is 8.90. The molecule has 0 aliphatic carbocycles. The number of hydrogen-bond acceptors (Lipinski definition) is 4. The Kier molecular flexibility index (Phi) is 1.95. The summed E-state index contributed by atoms with van der Waals surface area (Å²) < 4.78 is 18.7. The summed E-state index contributed by atoms with van der Waals surface area (Å²) in [6.07, 6.45) is 0.502. The number of fused-ring (bicyclic) bond motifs is 2. The zero-order valence-electron chi connectivity index (χ0n) is 8.90. The van der Waals surface area contributed by atoms with E-state index >= 15 is 0 Å². The Hall–Kier alpha value is -2.30. The van der Waals surface area contributed by atoms with Gasteiger partial charge in [-0.25, -0.2) is 4.39 Å². The van der Waals surface area contributed by atoms with Gasteiger partial charge in [0.15, 0.2) is 0 Å². The normalized spacial score (nSPS) is 12.5. The van der Waals surface area contributed by atoms with E-state index in [1.807, 2.05) is 0 Å². The van der Waals surface area contributed by atoms with Gasteiger partial charge in [0.25, 0.3) is 0 Å². The van der Waals surface area contributed by atoms with Gasteiger partial charge in [-0.05, 0) is 18.2 Å². The van der Waals surface area contributed by atoms with Crippen LogP contribution in [0.5, 0.6) is 11.6 Å². The molecule has 4 N–H and O–H groups in total. The Balaban J connectivity index is 2.14. The molecular weight excluding hydrogens is 221 g/mol. The predicted octanol–water partition coefficient (Wildman–Crippen LogP) is 2.08. The summed E-state index contributed by atoms with van der Waals surface area (Å²) in [6, 6.07) is 5.94. The lowest BCUT2D eigenvalue weighted by Gasteiger charge is -2.20. The van der Waals surface area contributed by atoms with Crippen LogP contribution in [-0.4, -0.2) is 4.98 Å². The molecular formula is C12H10FN3O. The molecule has 4 nitrogen and oxygen atoms in total. The molecule has 86 valence electrons. The standard InChI is InChI=1S/C12H10FN3O/c13-7-1-2-10-6(3-7)4-8-9(14)5-11(15)16-12(8)17-10/h1-3,5H,4H2,(H4,14,15,16). The average molecular weight is 231 g/mol. The van der Waals surface area contributed by atoms with Gasteiger partial charge in [0.05, 0.1) is 0 Å². The van der Waals surface area contributed by atoms with Gasteiger partial charge in [-0.3, -0.25) is 0 Å². The van der Waals surface area contributed by atoms with Crippen molar-refractivity contribution in [2.45, 2.75) is 6.42 Å². The van der Waals surface area contributed by atoms with Crippen molar-refractivity contribution < 1.29 is 9.13 Å². The summed E-state index contributed by atoms with van der Waals surface area (Å²) in [4.78, 5) is 4.08. The number of nitrogens with zero attached hydrogens (tertiary/aromatic N) is 1. The van der Waals surface area contributed by atoms with E-state index in [-0.39, 0.29) is 5.82 Å². The third kappa shape index (κ3) is 1.56. The number of nitrogens with two attached hydrogens (primary N) is 2. The molecule has 0 radical (unpaired) electrons. The van der Waals surface area contributed by atoms with Crippen molar-refractivity contribution in [2.75, 3.05) is 11.5 Å². The lowest BCUT2D eigenvalue weighted by Crippen LogP contribution is -2.09. The number of anilines is 2. The highest BCUT2D eigenvalue weighted by atomic mass is 19.1. The number of halogens is 1. The number of rotatable bonds is 0. The first-order valence-electron chi connectivity index (χ1n) is 5.14. The molecule has 0 bridgehead atoms. The quantitative estimate of drug-likeness (QED) is 0.621. The number of ether oxygens (including phenoxy) is 1. The van der Waals surface area contributed by atoms with Crippen molar-refractivity contribution in [3.8, 4) is 11.6 Å². The van der Waals surface area contributed by atoms with Crippen LogP contribution in [0, 0.1) is 5.82 Å². The Labute approximate surface area is 97.0 Å². The van der Waals surface area contributed by atoms with Crippen molar-refractivity contribution in [3.63, 3.8) is 0 Å². The molecule has 1 aliphatic rings. The van der Waals surface area contributed by atoms with Crippen LogP contribution >= 0.6 is 0 Å². The van der Waals surface area contributed by atoms with Crippen molar-refractivity contribution in [1.29, 1.82) is 0 Å². The van der Waals surface area contributed by atoms with E-state index in [9.17, 15) is 4.39 Å². The highest BCUT2D eigenvalue weighted by molar-refractivity contribution is 5.62. The van der Waals surface area contributed by atoms with Gasteiger partial charge in [-0.2, -0.15) is 4.98 Å². The van der Waals surface area contributed by atoms with E-state index < -0.39 is 0 Å². The smallest absolute Gasteiger partial charge is 0.226 e. The van der Waals surface area contributed by atoms with E-state index in [4.69, 9.17) is 16.2 Å². The summed E-state index contributed by atoms with van der Waals surface area (Å²) in [5.41, 5.74) is 13.5. The van der Waals surface area contributed by atoms with Gasteiger partial charge in [0.2, 0.25) is 5.88 Å². The van der Waals surface area contributed by atoms with Crippen LogP contribution in [0.1, 0.15) is 11.1 Å². The molecule has 0 amide bonds. The summed E-state index contributed by atoms with van der Waals surface area (Å²) in [6.45, 7) is 0. The topological polar surface area (TPSA) is 74.2 Å². The maximum atomic E-state index is 13.1. The maximum Gasteiger partial charge on any atom is 0.226 e. The molecule has 0 fully saturated rings. The fraction of sp³-hybridized carbons (Fsp3) is 0.0833. The van der Waals surface area contributed by atoms with Gasteiger partial charge >= 0.3 is 0 Å². The molecule has 17 heavy (non-hydrogen) atoms. The highest BCUT2D eigenvalue weighted by Crippen LogP contribution is 2.38. The van der Waals surface area contributed by atoms with Gasteiger partial charge in [-0.15, -0.1) is 0 Å². The number of nitrogen functional groups attached to an aromatic ring is 2. The Morgan fingerprint density at radius 3 is 2.88 bits per heavy atom. The molecule has 1 aromatic carbocycles. The SMILES string of the molecule is Nc1cc(N)c2c(n1)Oc1ccc(F)cc1C2. The molecule has 0 atom stereocenters. The van der Waals surface area contributed by atoms with Crippen LogP contribution in [-0.2, 0) is 6.42 Å². The predicted molar refractivity (Wildman–Crippen MR) is 62.3 cm³/mol. The lowest BCUT2D eigenvalue weighted by atomic mass is 10.0. The van der Waals surface area contributed by atoms with Crippen LogP contribution < -0.4 is 16.2 Å². The molecule has 0 saturated carbocycles. The first-order valence-corrected chi connectivity index (χ1v) is 5.14. The number of hydrogen-bond donors (Lipinski definition) is 2. The first kappa shape index (κ1) is 9.89. The second-order valence-corrected chi connectivity index (χ2v) is 3.95. The fourth-order valence-corrected chi connectivity index (χ4v) is 1.93. The monoisotopic (exact) mass is 231 g/mol. The largest absolute Gasteiger partial charge is 0.438 e. The molecule has 1 aromatic heterocycles. The van der Waals surface area contributed by atoms with E-state index in [2.05, 4.69) is 4.98 Å². The highest BCUT2D eigenvalue weighted by Gasteiger charge is 2.21. The number of aromatic nitrogens is 1. The minimum atomic E-state index is -0.294. The van der Waals surface area contributed by atoms with Gasteiger partial charge < -0.3 is 16.2 Å². The van der Waals surface area contributed by atoms with E-state index in [1.54, 1.807) is 12.1 Å². The third-order valence-corrected chi connectivity index (χ3v) is 2.74. The second kappa shape index (κ2) is 3.35. The number of pyridine rings is 1. The Morgan fingerprint density at radius 1 is 1.24 bits per heavy atom. The zero-order chi connectivity index (χ0) is 12.0. The van der Waals surface area contributed by atoms with Crippen LogP contribution in [0.4, 0.5) is 15.9 Å². The molecule has 0 spiro atoms. The number of benzene rings is 1. The van der Waals surface area contributed by atoms with E-state index in [0.29, 0.717) is 29.6 Å².